The smallest absolute Gasteiger partial charge is 0.410 e. The van der Waals surface area contributed by atoms with E-state index in [0.29, 0.717) is 19.6 Å². The van der Waals surface area contributed by atoms with Gasteiger partial charge in [0, 0.05) is 58.3 Å². The van der Waals surface area contributed by atoms with Gasteiger partial charge < -0.3 is 19.6 Å². The second kappa shape index (κ2) is 11.3. The van der Waals surface area contributed by atoms with Crippen molar-refractivity contribution in [2.75, 3.05) is 39.3 Å². The lowest BCUT2D eigenvalue weighted by atomic mass is 9.92. The monoisotopic (exact) mass is 465 g/mol. The minimum atomic E-state index is -0.683. The molecule has 4 rings (SSSR count). The zero-order chi connectivity index (χ0) is 24.0. The zero-order valence-corrected chi connectivity index (χ0v) is 20.6. The van der Waals surface area contributed by atoms with Gasteiger partial charge in [0.15, 0.2) is 0 Å². The van der Waals surface area contributed by atoms with Gasteiger partial charge >= 0.3 is 6.09 Å². The van der Waals surface area contributed by atoms with Crippen LogP contribution in [0.15, 0.2) is 60.7 Å². The fourth-order valence-corrected chi connectivity index (χ4v) is 5.22. The van der Waals surface area contributed by atoms with E-state index in [1.807, 2.05) is 50.2 Å². The number of amides is 1. The Kier molecular flexibility index (Phi) is 8.24. The number of piperidine rings is 1. The van der Waals surface area contributed by atoms with E-state index in [9.17, 15) is 9.90 Å². The van der Waals surface area contributed by atoms with Gasteiger partial charge in [-0.25, -0.2) is 4.79 Å². The molecule has 2 atom stereocenters. The van der Waals surface area contributed by atoms with E-state index in [-0.39, 0.29) is 18.1 Å². The first kappa shape index (κ1) is 24.7. The maximum atomic E-state index is 12.7. The van der Waals surface area contributed by atoms with Crippen LogP contribution < -0.4 is 0 Å². The Morgan fingerprint density at radius 1 is 1.03 bits per heavy atom. The van der Waals surface area contributed by atoms with E-state index in [0.717, 1.165) is 51.1 Å². The van der Waals surface area contributed by atoms with Crippen LogP contribution in [-0.4, -0.2) is 76.9 Å². The first-order valence-corrected chi connectivity index (χ1v) is 12.6. The Morgan fingerprint density at radius 3 is 2.26 bits per heavy atom. The molecule has 2 fully saturated rings. The van der Waals surface area contributed by atoms with Crippen molar-refractivity contribution in [1.29, 1.82) is 0 Å². The quantitative estimate of drug-likeness (QED) is 0.639. The first-order chi connectivity index (χ1) is 16.4. The summed E-state index contributed by atoms with van der Waals surface area (Å²) in [5, 5.41) is 11.1. The van der Waals surface area contributed by atoms with Crippen LogP contribution in [0, 0.1) is 5.92 Å². The predicted octanol–water partition coefficient (Wildman–Crippen LogP) is 3.99. The summed E-state index contributed by atoms with van der Waals surface area (Å²) in [5.41, 5.74) is 1.72. The standard InChI is InChI=1S/C28H39N3O3/c1-3-31(19-24-12-8-5-9-13-24)27(32)34-26-14-16-29(17-15-26)20-25-21-30(22-28(25,2)33)18-23-10-6-4-7-11-23/h4-13,25-26,33H,3,14-22H2,1-2H3. The van der Waals surface area contributed by atoms with Crippen molar-refractivity contribution in [2.24, 2.45) is 5.92 Å². The van der Waals surface area contributed by atoms with Crippen molar-refractivity contribution in [2.45, 2.75) is 51.5 Å². The topological polar surface area (TPSA) is 56.2 Å². The van der Waals surface area contributed by atoms with Crippen LogP contribution in [-0.2, 0) is 17.8 Å². The fraction of sp³-hybridized carbons (Fsp3) is 0.536. The minimum Gasteiger partial charge on any atom is -0.446 e. The highest BCUT2D eigenvalue weighted by Crippen LogP contribution is 2.30. The molecule has 6 nitrogen and oxygen atoms in total. The first-order valence-electron chi connectivity index (χ1n) is 12.6. The van der Waals surface area contributed by atoms with Crippen LogP contribution in [0.3, 0.4) is 0 Å². The molecule has 0 spiro atoms. The maximum absolute atomic E-state index is 12.7. The van der Waals surface area contributed by atoms with E-state index in [1.165, 1.54) is 5.56 Å². The molecule has 2 saturated heterocycles. The molecular weight excluding hydrogens is 426 g/mol. The van der Waals surface area contributed by atoms with E-state index in [2.05, 4.69) is 34.1 Å². The van der Waals surface area contributed by atoms with E-state index in [1.54, 1.807) is 4.90 Å². The van der Waals surface area contributed by atoms with Gasteiger partial charge in [0.1, 0.15) is 6.10 Å². The largest absolute Gasteiger partial charge is 0.446 e. The number of hydrogen-bond donors (Lipinski definition) is 1. The normalized spacial score (nSPS) is 24.3. The summed E-state index contributed by atoms with van der Waals surface area (Å²) in [7, 11) is 0. The van der Waals surface area contributed by atoms with Crippen LogP contribution in [0.4, 0.5) is 4.79 Å². The highest BCUT2D eigenvalue weighted by Gasteiger charge is 2.42. The number of benzene rings is 2. The second-order valence-electron chi connectivity index (χ2n) is 10.1. The van der Waals surface area contributed by atoms with Crippen molar-refractivity contribution in [3.63, 3.8) is 0 Å². The number of likely N-dealkylation sites (tertiary alicyclic amines) is 2. The number of aliphatic hydroxyl groups is 1. The molecule has 1 amide bonds. The molecule has 1 N–H and O–H groups in total. The second-order valence-corrected chi connectivity index (χ2v) is 10.1. The summed E-state index contributed by atoms with van der Waals surface area (Å²) >= 11 is 0. The van der Waals surface area contributed by atoms with Crippen LogP contribution in [0.25, 0.3) is 0 Å². The molecule has 184 valence electrons. The molecule has 6 heteroatoms. The molecule has 0 radical (unpaired) electrons. The highest BCUT2D eigenvalue weighted by molar-refractivity contribution is 5.67. The Labute approximate surface area is 204 Å². The molecule has 2 aromatic rings. The average molecular weight is 466 g/mol. The summed E-state index contributed by atoms with van der Waals surface area (Å²) in [4.78, 5) is 19.3. The predicted molar refractivity (Wildman–Crippen MR) is 134 cm³/mol. The summed E-state index contributed by atoms with van der Waals surface area (Å²) in [6.45, 7) is 10.3. The lowest BCUT2D eigenvalue weighted by Crippen LogP contribution is -2.46. The third-order valence-electron chi connectivity index (χ3n) is 7.29. The van der Waals surface area contributed by atoms with Gasteiger partial charge in [-0.1, -0.05) is 60.7 Å². The van der Waals surface area contributed by atoms with Gasteiger partial charge in [0.2, 0.25) is 0 Å². The summed E-state index contributed by atoms with van der Waals surface area (Å²) in [6, 6.07) is 20.5. The third-order valence-corrected chi connectivity index (χ3v) is 7.29. The Morgan fingerprint density at radius 2 is 1.65 bits per heavy atom. The summed E-state index contributed by atoms with van der Waals surface area (Å²) in [6.07, 6.45) is 1.43. The molecule has 2 unspecified atom stereocenters. The zero-order valence-electron chi connectivity index (χ0n) is 20.6. The number of carbonyl (C=O) groups is 1. The van der Waals surface area contributed by atoms with Crippen LogP contribution in [0.5, 0.6) is 0 Å². The molecule has 34 heavy (non-hydrogen) atoms. The highest BCUT2D eigenvalue weighted by atomic mass is 16.6. The van der Waals surface area contributed by atoms with Crippen molar-refractivity contribution in [3.05, 3.63) is 71.8 Å². The number of ether oxygens (including phenoxy) is 1. The van der Waals surface area contributed by atoms with Crippen molar-refractivity contribution in [1.82, 2.24) is 14.7 Å². The summed E-state index contributed by atoms with van der Waals surface area (Å²) in [5.74, 6) is 0.219. The van der Waals surface area contributed by atoms with Crippen molar-refractivity contribution < 1.29 is 14.6 Å². The van der Waals surface area contributed by atoms with Crippen molar-refractivity contribution >= 4 is 6.09 Å². The summed E-state index contributed by atoms with van der Waals surface area (Å²) < 4.78 is 5.86. The van der Waals surface area contributed by atoms with Crippen LogP contribution >= 0.6 is 0 Å². The number of carbonyl (C=O) groups excluding carboxylic acids is 1. The number of β-amino-alcohol motifs (C(OH)–C–C–N with tert-alkyl or cyclic N) is 1. The van der Waals surface area contributed by atoms with Gasteiger partial charge in [0.05, 0.1) is 5.60 Å². The molecule has 2 aliphatic heterocycles. The fourth-order valence-electron chi connectivity index (χ4n) is 5.22. The van der Waals surface area contributed by atoms with Gasteiger partial charge in [0.25, 0.3) is 0 Å². The van der Waals surface area contributed by atoms with Gasteiger partial charge in [-0.3, -0.25) is 4.90 Å². The molecule has 0 bridgehead atoms. The van der Waals surface area contributed by atoms with Gasteiger partial charge in [-0.2, -0.15) is 0 Å². The molecule has 2 aromatic carbocycles. The van der Waals surface area contributed by atoms with Gasteiger partial charge in [-0.05, 0) is 37.8 Å². The molecule has 2 heterocycles. The Balaban J connectivity index is 1.22. The average Bonchev–Trinajstić information content (AvgIpc) is 3.12. The van der Waals surface area contributed by atoms with Crippen LogP contribution in [0.1, 0.15) is 37.8 Å². The molecule has 0 aromatic heterocycles. The maximum Gasteiger partial charge on any atom is 0.410 e. The molecule has 0 saturated carbocycles. The molecule has 0 aliphatic carbocycles. The van der Waals surface area contributed by atoms with E-state index >= 15 is 0 Å². The number of hydrogen-bond acceptors (Lipinski definition) is 5. The molecule has 2 aliphatic rings. The van der Waals surface area contributed by atoms with Gasteiger partial charge in [-0.15, -0.1) is 0 Å². The Hall–Kier alpha value is -2.41. The van der Waals surface area contributed by atoms with E-state index < -0.39 is 5.60 Å². The van der Waals surface area contributed by atoms with Crippen molar-refractivity contribution in [3.8, 4) is 0 Å². The molecular formula is C28H39N3O3. The number of nitrogens with zero attached hydrogens (tertiary/aromatic N) is 3. The van der Waals surface area contributed by atoms with E-state index in [4.69, 9.17) is 4.74 Å². The third kappa shape index (κ3) is 6.59. The van der Waals surface area contributed by atoms with Crippen LogP contribution in [0.2, 0.25) is 0 Å². The number of rotatable bonds is 8. The minimum absolute atomic E-state index is 0.0350. The lowest BCUT2D eigenvalue weighted by Gasteiger charge is -2.36. The lowest BCUT2D eigenvalue weighted by molar-refractivity contribution is -0.00181. The Bertz CT molecular complexity index is 898. The SMILES string of the molecule is CCN(Cc1ccccc1)C(=O)OC1CCN(CC2CN(Cc3ccccc3)CC2(C)O)CC1.